The van der Waals surface area contributed by atoms with Crippen molar-refractivity contribution < 1.29 is 28.5 Å². The number of hydrogen-bond donors (Lipinski definition) is 1. The summed E-state index contributed by atoms with van der Waals surface area (Å²) in [6.45, 7) is 3.45. The average molecular weight is 543 g/mol. The zero-order chi connectivity index (χ0) is 26.8. The van der Waals surface area contributed by atoms with E-state index in [1.165, 1.54) is 38.6 Å². The number of esters is 1. The van der Waals surface area contributed by atoms with Crippen molar-refractivity contribution >= 4 is 41.3 Å². The van der Waals surface area contributed by atoms with E-state index in [1.807, 2.05) is 12.1 Å². The molecule has 0 aliphatic heterocycles. The lowest BCUT2D eigenvalue weighted by Gasteiger charge is -2.11. The van der Waals surface area contributed by atoms with Crippen molar-refractivity contribution in [1.82, 2.24) is 5.43 Å². The number of ether oxygens (including phenoxy) is 4. The van der Waals surface area contributed by atoms with Crippen molar-refractivity contribution in [1.29, 1.82) is 0 Å². The molecule has 0 saturated heterocycles. The minimum Gasteiger partial charge on any atom is -0.493 e. The molecule has 3 aromatic rings. The van der Waals surface area contributed by atoms with Crippen molar-refractivity contribution in [3.05, 3.63) is 94.0 Å². The standard InChI is InChI=1S/C27H24Cl2N2O6/c1-4-5-17-6-10-22(24(12-17)34-2)36-16-26(32)31-30-15-18-7-11-23(25(13-18)35-3)37-27(33)19-8-9-20(28)21(29)14-19/h4,6-15H,1,5,16H2,2-3H3,(H,31,32). The van der Waals surface area contributed by atoms with Gasteiger partial charge in [0.1, 0.15) is 0 Å². The highest BCUT2D eigenvalue weighted by molar-refractivity contribution is 6.42. The minimum atomic E-state index is -0.627. The molecule has 0 atom stereocenters. The summed E-state index contributed by atoms with van der Waals surface area (Å²) in [5, 5.41) is 4.50. The fourth-order valence-electron chi connectivity index (χ4n) is 3.11. The second kappa shape index (κ2) is 13.3. The summed E-state index contributed by atoms with van der Waals surface area (Å²) in [6, 6.07) is 14.6. The Morgan fingerprint density at radius 1 is 0.919 bits per heavy atom. The highest BCUT2D eigenvalue weighted by atomic mass is 35.5. The molecule has 8 nitrogen and oxygen atoms in total. The normalized spacial score (nSPS) is 10.6. The molecular weight excluding hydrogens is 519 g/mol. The molecule has 0 heterocycles. The maximum absolute atomic E-state index is 12.5. The summed E-state index contributed by atoms with van der Waals surface area (Å²) >= 11 is 11.9. The Morgan fingerprint density at radius 3 is 2.35 bits per heavy atom. The van der Waals surface area contributed by atoms with Crippen LogP contribution < -0.4 is 24.4 Å². The van der Waals surface area contributed by atoms with E-state index >= 15 is 0 Å². The topological polar surface area (TPSA) is 95.5 Å². The van der Waals surface area contributed by atoms with Crippen LogP contribution >= 0.6 is 23.2 Å². The number of hydrazone groups is 1. The van der Waals surface area contributed by atoms with Crippen LogP contribution in [0.2, 0.25) is 10.0 Å². The molecule has 0 radical (unpaired) electrons. The summed E-state index contributed by atoms with van der Waals surface area (Å²) in [5.41, 5.74) is 4.22. The van der Waals surface area contributed by atoms with E-state index in [9.17, 15) is 9.59 Å². The predicted molar refractivity (Wildman–Crippen MR) is 143 cm³/mol. The van der Waals surface area contributed by atoms with E-state index in [1.54, 1.807) is 30.3 Å². The fraction of sp³-hybridized carbons (Fsp3) is 0.148. The molecular formula is C27H24Cl2N2O6. The van der Waals surface area contributed by atoms with Crippen LogP contribution in [0, 0.1) is 0 Å². The SMILES string of the molecule is C=CCc1ccc(OCC(=O)NN=Cc2ccc(OC(=O)c3ccc(Cl)c(Cl)c3)c(OC)c2)c(OC)c1. The maximum atomic E-state index is 12.5. The molecule has 3 aromatic carbocycles. The maximum Gasteiger partial charge on any atom is 0.343 e. The van der Waals surface area contributed by atoms with E-state index < -0.39 is 11.9 Å². The first-order valence-corrected chi connectivity index (χ1v) is 11.7. The zero-order valence-electron chi connectivity index (χ0n) is 20.1. The van der Waals surface area contributed by atoms with Gasteiger partial charge in [0.2, 0.25) is 0 Å². The van der Waals surface area contributed by atoms with Gasteiger partial charge >= 0.3 is 5.97 Å². The predicted octanol–water partition coefficient (Wildman–Crippen LogP) is 5.49. The lowest BCUT2D eigenvalue weighted by atomic mass is 10.1. The second-order valence-corrected chi connectivity index (χ2v) is 8.30. The van der Waals surface area contributed by atoms with Gasteiger partial charge in [-0.3, -0.25) is 4.79 Å². The molecule has 0 bridgehead atoms. The molecule has 3 rings (SSSR count). The third kappa shape index (κ3) is 7.73. The van der Waals surface area contributed by atoms with Crippen molar-refractivity contribution in [2.24, 2.45) is 5.10 Å². The van der Waals surface area contributed by atoms with Crippen LogP contribution in [0.25, 0.3) is 0 Å². The Labute approximate surface area is 224 Å². The van der Waals surface area contributed by atoms with Gasteiger partial charge in [0.15, 0.2) is 29.6 Å². The Kier molecular flexibility index (Phi) is 9.94. The molecule has 0 aromatic heterocycles. The van der Waals surface area contributed by atoms with Gasteiger partial charge in [-0.2, -0.15) is 5.10 Å². The van der Waals surface area contributed by atoms with Gasteiger partial charge in [0.25, 0.3) is 5.91 Å². The summed E-state index contributed by atoms with van der Waals surface area (Å²) in [4.78, 5) is 24.6. The van der Waals surface area contributed by atoms with Crippen molar-refractivity contribution in [3.63, 3.8) is 0 Å². The lowest BCUT2D eigenvalue weighted by Crippen LogP contribution is -2.24. The van der Waals surface area contributed by atoms with Crippen molar-refractivity contribution in [2.45, 2.75) is 6.42 Å². The summed E-state index contributed by atoms with van der Waals surface area (Å²) < 4.78 is 21.6. The van der Waals surface area contributed by atoms with Crippen LogP contribution in [-0.4, -0.2) is 38.9 Å². The zero-order valence-corrected chi connectivity index (χ0v) is 21.6. The number of nitrogens with zero attached hydrogens (tertiary/aromatic N) is 1. The Hall–Kier alpha value is -4.01. The number of hydrogen-bond acceptors (Lipinski definition) is 7. The fourth-order valence-corrected chi connectivity index (χ4v) is 3.41. The molecule has 0 saturated carbocycles. The molecule has 10 heteroatoms. The number of benzene rings is 3. The number of methoxy groups -OCH3 is 2. The Balaban J connectivity index is 1.57. The van der Waals surface area contributed by atoms with E-state index in [4.69, 9.17) is 42.1 Å². The molecule has 0 aliphatic carbocycles. The van der Waals surface area contributed by atoms with Gasteiger partial charge in [-0.1, -0.05) is 35.3 Å². The molecule has 0 aliphatic rings. The molecule has 1 amide bonds. The van der Waals surface area contributed by atoms with Crippen LogP contribution in [0.5, 0.6) is 23.0 Å². The third-order valence-electron chi connectivity index (χ3n) is 4.92. The molecule has 37 heavy (non-hydrogen) atoms. The molecule has 192 valence electrons. The van der Waals surface area contributed by atoms with Crippen LogP contribution in [0.1, 0.15) is 21.5 Å². The first kappa shape index (κ1) is 27.6. The van der Waals surface area contributed by atoms with E-state index in [2.05, 4.69) is 17.1 Å². The number of rotatable bonds is 11. The molecule has 0 fully saturated rings. The van der Waals surface area contributed by atoms with Crippen LogP contribution in [0.4, 0.5) is 0 Å². The highest BCUT2D eigenvalue weighted by Gasteiger charge is 2.14. The average Bonchev–Trinajstić information content (AvgIpc) is 2.90. The first-order valence-electron chi connectivity index (χ1n) is 10.9. The smallest absolute Gasteiger partial charge is 0.343 e. The quantitative estimate of drug-likeness (QED) is 0.113. The van der Waals surface area contributed by atoms with Gasteiger partial charge in [-0.05, 0) is 66.1 Å². The first-order chi connectivity index (χ1) is 17.8. The molecule has 0 spiro atoms. The molecule has 1 N–H and O–H groups in total. The van der Waals surface area contributed by atoms with Gasteiger partial charge in [-0.15, -0.1) is 6.58 Å². The Bertz CT molecular complexity index is 1330. The number of halogens is 2. The summed E-state index contributed by atoms with van der Waals surface area (Å²) in [6.07, 6.45) is 3.89. The van der Waals surface area contributed by atoms with E-state index in [0.29, 0.717) is 34.3 Å². The van der Waals surface area contributed by atoms with Gasteiger partial charge < -0.3 is 18.9 Å². The number of carbonyl (C=O) groups excluding carboxylic acids is 2. The second-order valence-electron chi connectivity index (χ2n) is 7.49. The molecule has 0 unspecified atom stereocenters. The van der Waals surface area contributed by atoms with Gasteiger partial charge in [0, 0.05) is 0 Å². The monoisotopic (exact) mass is 542 g/mol. The number of amides is 1. The Morgan fingerprint density at radius 2 is 1.65 bits per heavy atom. The highest BCUT2D eigenvalue weighted by Crippen LogP contribution is 2.30. The summed E-state index contributed by atoms with van der Waals surface area (Å²) in [5.74, 6) is 0.346. The number of nitrogens with one attached hydrogen (secondary N) is 1. The van der Waals surface area contributed by atoms with E-state index in [0.717, 1.165) is 5.56 Å². The van der Waals surface area contributed by atoms with Crippen LogP contribution in [-0.2, 0) is 11.2 Å². The number of carbonyl (C=O) groups is 2. The van der Waals surface area contributed by atoms with Crippen LogP contribution in [0.3, 0.4) is 0 Å². The van der Waals surface area contributed by atoms with Gasteiger partial charge in [0.05, 0.1) is 36.0 Å². The van der Waals surface area contributed by atoms with E-state index in [-0.39, 0.29) is 22.9 Å². The summed E-state index contributed by atoms with van der Waals surface area (Å²) in [7, 11) is 2.96. The third-order valence-corrected chi connectivity index (χ3v) is 5.65. The largest absolute Gasteiger partial charge is 0.493 e. The van der Waals surface area contributed by atoms with Crippen molar-refractivity contribution in [3.8, 4) is 23.0 Å². The van der Waals surface area contributed by atoms with Gasteiger partial charge in [-0.25, -0.2) is 10.2 Å². The number of allylic oxidation sites excluding steroid dienone is 1. The minimum absolute atomic E-state index is 0.196. The van der Waals surface area contributed by atoms with Crippen LogP contribution in [0.15, 0.2) is 72.4 Å². The van der Waals surface area contributed by atoms with Crippen molar-refractivity contribution in [2.75, 3.05) is 20.8 Å². The lowest BCUT2D eigenvalue weighted by molar-refractivity contribution is -0.123.